The highest BCUT2D eigenvalue weighted by molar-refractivity contribution is 6.06. The number of H-pyrrole nitrogens is 2. The molecular weight excluding hydrogens is 492 g/mol. The van der Waals surface area contributed by atoms with Gasteiger partial charge in [-0.05, 0) is 30.3 Å². The first kappa shape index (κ1) is 24.2. The second kappa shape index (κ2) is 9.52. The van der Waals surface area contributed by atoms with Gasteiger partial charge in [0.25, 0.3) is 11.8 Å². The van der Waals surface area contributed by atoms with Crippen molar-refractivity contribution in [2.24, 2.45) is 0 Å². The van der Waals surface area contributed by atoms with Crippen molar-refractivity contribution in [3.05, 3.63) is 59.0 Å². The highest BCUT2D eigenvalue weighted by Gasteiger charge is 2.40. The third-order valence-corrected chi connectivity index (χ3v) is 5.98. The minimum Gasteiger partial charge on any atom is -0.433 e. The Bertz CT molecular complexity index is 1570. The molecule has 2 amide bonds. The predicted molar refractivity (Wildman–Crippen MR) is 131 cm³/mol. The summed E-state index contributed by atoms with van der Waals surface area (Å²) in [6.45, 7) is -3.35. The number of aliphatic hydroxyl groups excluding tert-OH is 1. The van der Waals surface area contributed by atoms with E-state index in [-0.39, 0.29) is 30.1 Å². The van der Waals surface area contributed by atoms with Gasteiger partial charge in [-0.15, -0.1) is 0 Å². The summed E-state index contributed by atoms with van der Waals surface area (Å²) in [7, 11) is 0. The lowest BCUT2D eigenvalue weighted by molar-refractivity contribution is -0.150. The van der Waals surface area contributed by atoms with Crippen LogP contribution in [0.2, 0.25) is 0 Å². The van der Waals surface area contributed by atoms with Crippen molar-refractivity contribution in [1.82, 2.24) is 9.97 Å². The number of alkyl halides is 2. The van der Waals surface area contributed by atoms with Crippen molar-refractivity contribution in [2.75, 3.05) is 29.1 Å². The van der Waals surface area contributed by atoms with Gasteiger partial charge in [-0.1, -0.05) is 0 Å². The van der Waals surface area contributed by atoms with Crippen molar-refractivity contribution >= 4 is 50.7 Å². The smallest absolute Gasteiger partial charge is 0.387 e. The minimum absolute atomic E-state index is 0.0266. The first-order valence-electron chi connectivity index (χ1n) is 11.1. The standard InChI is InChI=1S/C24H21F2N5O6/c25-24(26)37-17-9-15-11(1-4-18(32)30-15)8-16(17)31-5-6-36-20(23(31)35)19(33)22(34)29-13-2-3-14-12(7-13)10-28-21(14)27/h1-4,7-10,19-20,24,28,33H,5-6,27H2,(H,29,34)(H,30,32)/t19-,20-/m1/s1. The van der Waals surface area contributed by atoms with Gasteiger partial charge in [0.2, 0.25) is 5.56 Å². The van der Waals surface area contributed by atoms with Crippen molar-refractivity contribution in [2.45, 2.75) is 18.8 Å². The third-order valence-electron chi connectivity index (χ3n) is 5.98. The van der Waals surface area contributed by atoms with Crippen LogP contribution in [0.5, 0.6) is 5.75 Å². The molecule has 1 aliphatic heterocycles. The molecule has 192 valence electrons. The SMILES string of the molecule is Nc1[nH]cc2cc(NC(=O)[C@H](O)[C@H]3OCCN(c4cc5ccc(=O)[nH]c5cc4OC(F)F)C3=O)ccc12. The predicted octanol–water partition coefficient (Wildman–Crippen LogP) is 1.92. The molecule has 1 aliphatic rings. The fourth-order valence-corrected chi connectivity index (χ4v) is 4.24. The van der Waals surface area contributed by atoms with Crippen LogP contribution < -0.4 is 26.2 Å². The largest absolute Gasteiger partial charge is 0.433 e. The van der Waals surface area contributed by atoms with Gasteiger partial charge < -0.3 is 40.5 Å². The summed E-state index contributed by atoms with van der Waals surface area (Å²) in [6.07, 6.45) is -1.86. The number of benzene rings is 2. The molecule has 5 rings (SSSR count). The number of carbonyl (C=O) groups is 2. The Morgan fingerprint density at radius 1 is 1.19 bits per heavy atom. The van der Waals surface area contributed by atoms with Gasteiger partial charge in [0.15, 0.2) is 18.0 Å². The van der Waals surface area contributed by atoms with E-state index in [1.54, 1.807) is 24.4 Å². The highest BCUT2D eigenvalue weighted by Crippen LogP contribution is 2.35. The summed E-state index contributed by atoms with van der Waals surface area (Å²) >= 11 is 0. The molecule has 13 heteroatoms. The van der Waals surface area contributed by atoms with Gasteiger partial charge in [0, 0.05) is 46.7 Å². The van der Waals surface area contributed by atoms with E-state index >= 15 is 0 Å². The zero-order valence-electron chi connectivity index (χ0n) is 19.0. The number of nitrogen functional groups attached to an aromatic ring is 1. The molecule has 3 heterocycles. The molecule has 37 heavy (non-hydrogen) atoms. The summed E-state index contributed by atoms with van der Waals surface area (Å²) in [5, 5.41) is 15.1. The number of rotatable bonds is 6. The number of hydrogen-bond acceptors (Lipinski definition) is 7. The fourth-order valence-electron chi connectivity index (χ4n) is 4.24. The number of ether oxygens (including phenoxy) is 2. The maximum atomic E-state index is 13.3. The number of nitrogens with zero attached hydrogens (tertiary/aromatic N) is 1. The van der Waals surface area contributed by atoms with Crippen LogP contribution >= 0.6 is 0 Å². The number of amides is 2. The average molecular weight is 513 g/mol. The Morgan fingerprint density at radius 2 is 2.00 bits per heavy atom. The van der Waals surface area contributed by atoms with Gasteiger partial charge in [-0.2, -0.15) is 8.78 Å². The number of anilines is 3. The average Bonchev–Trinajstić information content (AvgIpc) is 3.23. The van der Waals surface area contributed by atoms with Gasteiger partial charge in [0.1, 0.15) is 5.82 Å². The monoisotopic (exact) mass is 513 g/mol. The van der Waals surface area contributed by atoms with Crippen LogP contribution in [0, 0.1) is 0 Å². The summed E-state index contributed by atoms with van der Waals surface area (Å²) in [5.74, 6) is -1.63. The number of carbonyl (C=O) groups excluding carboxylic acids is 2. The van der Waals surface area contributed by atoms with Crippen molar-refractivity contribution in [3.8, 4) is 5.75 Å². The maximum Gasteiger partial charge on any atom is 0.387 e. The van der Waals surface area contributed by atoms with Crippen LogP contribution in [0.4, 0.5) is 26.0 Å². The van der Waals surface area contributed by atoms with Crippen LogP contribution in [0.3, 0.4) is 0 Å². The molecule has 2 aromatic carbocycles. The van der Waals surface area contributed by atoms with Crippen LogP contribution in [0.15, 0.2) is 53.5 Å². The lowest BCUT2D eigenvalue weighted by Crippen LogP contribution is -2.55. The zero-order valence-corrected chi connectivity index (χ0v) is 19.0. The molecule has 0 spiro atoms. The van der Waals surface area contributed by atoms with Crippen LogP contribution in [-0.4, -0.2) is 58.9 Å². The molecule has 0 unspecified atom stereocenters. The Morgan fingerprint density at radius 3 is 2.78 bits per heavy atom. The first-order chi connectivity index (χ1) is 17.7. The van der Waals surface area contributed by atoms with E-state index < -0.39 is 36.2 Å². The van der Waals surface area contributed by atoms with Crippen LogP contribution in [0.25, 0.3) is 21.7 Å². The summed E-state index contributed by atoms with van der Waals surface area (Å²) < 4.78 is 36.3. The number of aliphatic hydroxyl groups is 1. The number of halogens is 2. The molecule has 4 aromatic rings. The van der Waals surface area contributed by atoms with Crippen molar-refractivity contribution in [3.63, 3.8) is 0 Å². The van der Waals surface area contributed by atoms with Crippen molar-refractivity contribution < 1.29 is 33.0 Å². The zero-order chi connectivity index (χ0) is 26.3. The number of hydrogen-bond donors (Lipinski definition) is 5. The molecule has 6 N–H and O–H groups in total. The van der Waals surface area contributed by atoms with Gasteiger partial charge >= 0.3 is 6.61 Å². The third kappa shape index (κ3) is 4.69. The van der Waals surface area contributed by atoms with Gasteiger partial charge in [-0.25, -0.2) is 0 Å². The minimum atomic E-state index is -3.21. The Hall–Kier alpha value is -4.49. The van der Waals surface area contributed by atoms with E-state index in [4.69, 9.17) is 10.5 Å². The first-order valence-corrected chi connectivity index (χ1v) is 11.1. The van der Waals surface area contributed by atoms with E-state index in [1.807, 2.05) is 0 Å². The second-order valence-corrected chi connectivity index (χ2v) is 8.33. The van der Waals surface area contributed by atoms with E-state index in [2.05, 4.69) is 20.0 Å². The highest BCUT2D eigenvalue weighted by atomic mass is 19.3. The van der Waals surface area contributed by atoms with Gasteiger partial charge in [0.05, 0.1) is 17.8 Å². The lowest BCUT2D eigenvalue weighted by atomic mass is 10.1. The normalized spacial score (nSPS) is 16.9. The quantitative estimate of drug-likeness (QED) is 0.263. The summed E-state index contributed by atoms with van der Waals surface area (Å²) in [6, 6.07) is 10.2. The van der Waals surface area contributed by atoms with Crippen LogP contribution in [0.1, 0.15) is 0 Å². The van der Waals surface area contributed by atoms with Crippen molar-refractivity contribution in [1.29, 1.82) is 0 Å². The molecule has 0 bridgehead atoms. The Balaban J connectivity index is 1.40. The van der Waals surface area contributed by atoms with E-state index in [1.165, 1.54) is 24.3 Å². The molecule has 0 aliphatic carbocycles. The molecule has 0 saturated carbocycles. The number of aromatic nitrogens is 2. The lowest BCUT2D eigenvalue weighted by Gasteiger charge is -2.34. The number of nitrogens with two attached hydrogens (primary N) is 1. The number of pyridine rings is 1. The number of nitrogens with one attached hydrogen (secondary N) is 3. The maximum absolute atomic E-state index is 13.3. The van der Waals surface area contributed by atoms with E-state index in [9.17, 15) is 28.3 Å². The molecule has 0 radical (unpaired) electrons. The molecule has 2 atom stereocenters. The number of aromatic amines is 2. The Kier molecular flexibility index (Phi) is 6.23. The fraction of sp³-hybridized carbons (Fsp3) is 0.208. The number of morpholine rings is 1. The molecule has 11 nitrogen and oxygen atoms in total. The molecular formula is C24H21F2N5O6. The second-order valence-electron chi connectivity index (χ2n) is 8.33. The number of fused-ring (bicyclic) bond motifs is 2. The summed E-state index contributed by atoms with van der Waals surface area (Å²) in [5.41, 5.74) is 5.92. The van der Waals surface area contributed by atoms with Crippen LogP contribution in [-0.2, 0) is 14.3 Å². The topological polar surface area (TPSA) is 163 Å². The van der Waals surface area contributed by atoms with E-state index in [0.717, 1.165) is 15.7 Å². The Labute approximate surface area is 206 Å². The van der Waals surface area contributed by atoms with Gasteiger partial charge in [-0.3, -0.25) is 14.4 Å². The summed E-state index contributed by atoms with van der Waals surface area (Å²) in [4.78, 5) is 44.1. The molecule has 2 aromatic heterocycles. The molecule has 1 fully saturated rings. The van der Waals surface area contributed by atoms with E-state index in [0.29, 0.717) is 16.9 Å². The molecule has 1 saturated heterocycles.